The number of morpholine rings is 1. The number of aromatic nitrogens is 1. The van der Waals surface area contributed by atoms with Gasteiger partial charge in [-0.15, -0.1) is 0 Å². The summed E-state index contributed by atoms with van der Waals surface area (Å²) in [6, 6.07) is 2.22. The number of hydrogen-bond donors (Lipinski definition) is 1. The summed E-state index contributed by atoms with van der Waals surface area (Å²) >= 11 is 0. The van der Waals surface area contributed by atoms with Gasteiger partial charge >= 0.3 is 6.09 Å². The maximum Gasteiger partial charge on any atom is 0.410 e. The summed E-state index contributed by atoms with van der Waals surface area (Å²) in [6.07, 6.45) is 4.37. The quantitative estimate of drug-likeness (QED) is 0.885. The number of carbonyl (C=O) groups is 1. The molecule has 1 saturated heterocycles. The molecule has 6 heteroatoms. The van der Waals surface area contributed by atoms with Gasteiger partial charge in [0.05, 0.1) is 19.3 Å². The van der Waals surface area contributed by atoms with E-state index in [1.165, 1.54) is 11.1 Å². The first-order chi connectivity index (χ1) is 11.8. The average Bonchev–Trinajstić information content (AvgIpc) is 2.55. The van der Waals surface area contributed by atoms with Crippen LogP contribution in [0.4, 0.5) is 4.79 Å². The van der Waals surface area contributed by atoms with Gasteiger partial charge in [-0.1, -0.05) is 0 Å². The predicted octanol–water partition coefficient (Wildman–Crippen LogP) is 2.55. The molecule has 2 rings (SSSR count). The lowest BCUT2D eigenvalue weighted by molar-refractivity contribution is -0.0524. The highest BCUT2D eigenvalue weighted by Gasteiger charge is 2.30. The standard InChI is InChI=1S/C19H31N3O3/c1-14-12-20-8-6-16(14)7-9-21-15(2)17-13-22(10-11-24-17)18(23)25-19(3,4)5/h6,8,12,15,17,21H,7,9-11,13H2,1-5H3/t15-,17+/m1/s1. The highest BCUT2D eigenvalue weighted by Crippen LogP contribution is 2.15. The third kappa shape index (κ3) is 6.29. The second kappa shape index (κ2) is 8.63. The van der Waals surface area contributed by atoms with Crippen LogP contribution in [-0.4, -0.2) is 60.0 Å². The molecule has 0 bridgehead atoms. The van der Waals surface area contributed by atoms with E-state index >= 15 is 0 Å². The van der Waals surface area contributed by atoms with Crippen LogP contribution in [0.5, 0.6) is 0 Å². The van der Waals surface area contributed by atoms with E-state index in [2.05, 4.69) is 30.2 Å². The van der Waals surface area contributed by atoms with E-state index in [1.807, 2.05) is 33.2 Å². The molecule has 140 valence electrons. The first-order valence-electron chi connectivity index (χ1n) is 8.98. The molecule has 0 radical (unpaired) electrons. The summed E-state index contributed by atoms with van der Waals surface area (Å²) < 4.78 is 11.3. The van der Waals surface area contributed by atoms with Crippen LogP contribution < -0.4 is 5.32 Å². The maximum absolute atomic E-state index is 12.2. The van der Waals surface area contributed by atoms with E-state index in [1.54, 1.807) is 4.90 Å². The number of hydrogen-bond acceptors (Lipinski definition) is 5. The van der Waals surface area contributed by atoms with Gasteiger partial charge in [0.15, 0.2) is 0 Å². The van der Waals surface area contributed by atoms with E-state index in [-0.39, 0.29) is 18.2 Å². The normalized spacial score (nSPS) is 19.6. The number of ether oxygens (including phenoxy) is 2. The highest BCUT2D eigenvalue weighted by atomic mass is 16.6. The van der Waals surface area contributed by atoms with Crippen LogP contribution in [0.2, 0.25) is 0 Å². The van der Waals surface area contributed by atoms with Crippen LogP contribution in [0, 0.1) is 6.92 Å². The number of aryl methyl sites for hydroxylation is 1. The van der Waals surface area contributed by atoms with Crippen molar-refractivity contribution in [2.45, 2.75) is 58.8 Å². The lowest BCUT2D eigenvalue weighted by Crippen LogP contribution is -2.53. The van der Waals surface area contributed by atoms with Crippen LogP contribution in [0.1, 0.15) is 38.8 Å². The second-order valence-corrected chi connectivity index (χ2v) is 7.63. The summed E-state index contributed by atoms with van der Waals surface area (Å²) in [5.41, 5.74) is 2.04. The number of amides is 1. The van der Waals surface area contributed by atoms with Gasteiger partial charge < -0.3 is 19.7 Å². The Morgan fingerprint density at radius 2 is 2.28 bits per heavy atom. The van der Waals surface area contributed by atoms with Crippen molar-refractivity contribution in [3.05, 3.63) is 29.6 Å². The van der Waals surface area contributed by atoms with Crippen LogP contribution >= 0.6 is 0 Å². The summed E-state index contributed by atoms with van der Waals surface area (Å²) in [6.45, 7) is 12.4. The van der Waals surface area contributed by atoms with Crippen molar-refractivity contribution in [1.29, 1.82) is 0 Å². The van der Waals surface area contributed by atoms with Crippen molar-refractivity contribution in [3.8, 4) is 0 Å². The largest absolute Gasteiger partial charge is 0.444 e. The molecule has 0 unspecified atom stereocenters. The number of nitrogens with zero attached hydrogens (tertiary/aromatic N) is 2. The van der Waals surface area contributed by atoms with Crippen molar-refractivity contribution in [2.24, 2.45) is 0 Å². The molecule has 1 N–H and O–H groups in total. The SMILES string of the molecule is Cc1cnccc1CCN[C@H](C)[C@@H]1CN(C(=O)OC(C)(C)C)CCO1. The lowest BCUT2D eigenvalue weighted by Gasteiger charge is -2.36. The molecular weight excluding hydrogens is 318 g/mol. The Balaban J connectivity index is 1.80. The molecule has 1 aliphatic heterocycles. The van der Waals surface area contributed by atoms with Crippen molar-refractivity contribution in [2.75, 3.05) is 26.2 Å². The Labute approximate surface area is 150 Å². The van der Waals surface area contributed by atoms with Crippen LogP contribution in [-0.2, 0) is 15.9 Å². The predicted molar refractivity (Wildman–Crippen MR) is 97.7 cm³/mol. The fourth-order valence-electron chi connectivity index (χ4n) is 2.82. The van der Waals surface area contributed by atoms with Crippen molar-refractivity contribution >= 4 is 6.09 Å². The topological polar surface area (TPSA) is 63.7 Å². The van der Waals surface area contributed by atoms with Gasteiger partial charge in [0.1, 0.15) is 5.60 Å². The summed E-state index contributed by atoms with van der Waals surface area (Å²) in [5.74, 6) is 0. The minimum atomic E-state index is -0.475. The average molecular weight is 349 g/mol. The molecule has 1 fully saturated rings. The van der Waals surface area contributed by atoms with Crippen molar-refractivity contribution < 1.29 is 14.3 Å². The smallest absolute Gasteiger partial charge is 0.410 e. The molecular formula is C19H31N3O3. The maximum atomic E-state index is 12.2. The van der Waals surface area contributed by atoms with Crippen LogP contribution in [0.15, 0.2) is 18.5 Å². The zero-order chi connectivity index (χ0) is 18.4. The lowest BCUT2D eigenvalue weighted by atomic mass is 10.1. The van der Waals surface area contributed by atoms with Crippen molar-refractivity contribution in [1.82, 2.24) is 15.2 Å². The number of nitrogens with one attached hydrogen (secondary N) is 1. The van der Waals surface area contributed by atoms with E-state index in [0.717, 1.165) is 13.0 Å². The van der Waals surface area contributed by atoms with Gasteiger partial charge in [-0.25, -0.2) is 4.79 Å². The molecule has 1 amide bonds. The second-order valence-electron chi connectivity index (χ2n) is 7.63. The van der Waals surface area contributed by atoms with Gasteiger partial charge in [-0.2, -0.15) is 0 Å². The molecule has 0 saturated carbocycles. The molecule has 0 spiro atoms. The minimum Gasteiger partial charge on any atom is -0.444 e. The Morgan fingerprint density at radius 1 is 1.52 bits per heavy atom. The number of rotatable bonds is 5. The molecule has 1 aliphatic rings. The van der Waals surface area contributed by atoms with E-state index in [4.69, 9.17) is 9.47 Å². The molecule has 6 nitrogen and oxygen atoms in total. The Kier molecular flexibility index (Phi) is 6.79. The Hall–Kier alpha value is -1.66. The fourth-order valence-corrected chi connectivity index (χ4v) is 2.82. The van der Waals surface area contributed by atoms with Gasteiger partial charge in [0.2, 0.25) is 0 Å². The van der Waals surface area contributed by atoms with Gasteiger partial charge in [-0.3, -0.25) is 4.98 Å². The molecule has 1 aromatic rings. The van der Waals surface area contributed by atoms with E-state index in [0.29, 0.717) is 19.7 Å². The number of pyridine rings is 1. The van der Waals surface area contributed by atoms with Crippen LogP contribution in [0.3, 0.4) is 0 Å². The zero-order valence-corrected chi connectivity index (χ0v) is 16.0. The Morgan fingerprint density at radius 3 is 2.96 bits per heavy atom. The fraction of sp³-hybridized carbons (Fsp3) is 0.684. The molecule has 0 aromatic carbocycles. The molecule has 2 atom stereocenters. The zero-order valence-electron chi connectivity index (χ0n) is 16.0. The monoisotopic (exact) mass is 349 g/mol. The first-order valence-corrected chi connectivity index (χ1v) is 8.98. The van der Waals surface area contributed by atoms with E-state index in [9.17, 15) is 4.79 Å². The van der Waals surface area contributed by atoms with Crippen LogP contribution in [0.25, 0.3) is 0 Å². The molecule has 1 aromatic heterocycles. The molecule has 25 heavy (non-hydrogen) atoms. The number of carbonyl (C=O) groups excluding carboxylic acids is 1. The third-order valence-electron chi connectivity index (χ3n) is 4.30. The van der Waals surface area contributed by atoms with Crippen molar-refractivity contribution in [3.63, 3.8) is 0 Å². The van der Waals surface area contributed by atoms with Gasteiger partial charge in [0, 0.05) is 25.0 Å². The minimum absolute atomic E-state index is 0.0280. The van der Waals surface area contributed by atoms with Gasteiger partial charge in [0.25, 0.3) is 0 Å². The van der Waals surface area contributed by atoms with E-state index < -0.39 is 5.60 Å². The molecule has 2 heterocycles. The first kappa shape index (κ1) is 19.7. The summed E-state index contributed by atoms with van der Waals surface area (Å²) in [4.78, 5) is 18.1. The summed E-state index contributed by atoms with van der Waals surface area (Å²) in [5, 5.41) is 3.51. The third-order valence-corrected chi connectivity index (χ3v) is 4.30. The molecule has 0 aliphatic carbocycles. The van der Waals surface area contributed by atoms with Gasteiger partial charge in [-0.05, 0) is 64.8 Å². The highest BCUT2D eigenvalue weighted by molar-refractivity contribution is 5.68. The summed E-state index contributed by atoms with van der Waals surface area (Å²) in [7, 11) is 0. The Bertz CT molecular complexity index is 571.